The molecule has 0 saturated carbocycles. The topological polar surface area (TPSA) is 380 Å². The quantitative estimate of drug-likeness (QED) is 0.0443. The van der Waals surface area contributed by atoms with Crippen LogP contribution in [0.25, 0.3) is 0 Å². The molecule has 0 spiro atoms. The lowest BCUT2D eigenvalue weighted by Gasteiger charge is -2.14. The first-order valence-corrected chi connectivity index (χ1v) is 16.9. The minimum Gasteiger partial charge on any atom is -0.480 e. The van der Waals surface area contributed by atoms with Crippen molar-refractivity contribution >= 4 is 65.1 Å². The van der Waals surface area contributed by atoms with Crippen LogP contribution in [0.1, 0.15) is 43.3 Å². The van der Waals surface area contributed by atoms with E-state index in [4.69, 9.17) is 32.5 Å². The highest BCUT2D eigenvalue weighted by Gasteiger charge is 2.24. The maximum absolute atomic E-state index is 11.4. The predicted molar refractivity (Wildman–Crippen MR) is 190 cm³/mol. The normalized spacial score (nSPS) is 12.0. The minimum atomic E-state index is -1.16. The van der Waals surface area contributed by atoms with Crippen molar-refractivity contribution in [1.82, 2.24) is 45.9 Å². The molecule has 15 N–H and O–H groups in total. The number of H-pyrrole nitrogens is 3. The highest BCUT2D eigenvalue weighted by Crippen LogP contribution is 2.20. The minimum absolute atomic E-state index is 0.0151. The molecule has 0 unspecified atom stereocenters. The van der Waals surface area contributed by atoms with Gasteiger partial charge in [-0.05, 0) is 11.8 Å². The maximum Gasteiger partial charge on any atom is 0.326 e. The molecule has 292 valence electrons. The molecule has 3 aromatic heterocycles. The van der Waals surface area contributed by atoms with Crippen molar-refractivity contribution in [3.63, 3.8) is 0 Å². The third-order valence-corrected chi connectivity index (χ3v) is 7.64. The number of aromatic nitrogens is 6. The van der Waals surface area contributed by atoms with Gasteiger partial charge < -0.3 is 63.4 Å². The van der Waals surface area contributed by atoms with Crippen molar-refractivity contribution in [1.29, 1.82) is 0 Å². The number of hydrogen-bond donors (Lipinski definition) is 13. The molecule has 0 aliphatic rings. The molecule has 3 amide bonds. The summed E-state index contributed by atoms with van der Waals surface area (Å²) in [6, 6.07) is -3.07. The van der Waals surface area contributed by atoms with E-state index in [1.807, 2.05) is 0 Å². The lowest BCUT2D eigenvalue weighted by atomic mass is 10.1. The SMILES string of the molecule is CC(=O)Sc1nc[nH]c1C[C@H](NC(=O)CCN)C(=O)O.NCCC(=O)N[C@@H](Cc1[nH]cnc1S)C(=O)O.NCCC(=O)N[C@@H](Cc1cnc[nH]1)C(=O)O. The van der Waals surface area contributed by atoms with Gasteiger partial charge in [-0.25, -0.2) is 29.3 Å². The number of nitrogens with two attached hydrogens (primary N) is 3. The Morgan fingerprint density at radius 1 is 0.698 bits per heavy atom. The fourth-order valence-corrected chi connectivity index (χ4v) is 4.82. The van der Waals surface area contributed by atoms with Crippen LogP contribution in [-0.4, -0.2) is 124 Å². The molecule has 0 radical (unpaired) electrons. The van der Waals surface area contributed by atoms with E-state index >= 15 is 0 Å². The molecule has 3 heterocycles. The fraction of sp³-hybridized carbons (Fsp3) is 0.448. The van der Waals surface area contributed by atoms with Gasteiger partial charge in [-0.1, -0.05) is 0 Å². The molecule has 0 aromatic carbocycles. The number of hydrogen-bond acceptors (Lipinski definition) is 15. The van der Waals surface area contributed by atoms with E-state index in [2.05, 4.69) is 58.5 Å². The number of thioether (sulfide) groups is 1. The summed E-state index contributed by atoms with van der Waals surface area (Å²) in [5.41, 5.74) is 17.3. The van der Waals surface area contributed by atoms with Crippen molar-refractivity contribution in [2.24, 2.45) is 17.2 Å². The van der Waals surface area contributed by atoms with Gasteiger partial charge in [-0.2, -0.15) is 0 Å². The summed E-state index contributed by atoms with van der Waals surface area (Å²) in [4.78, 5) is 97.8. The third kappa shape index (κ3) is 18.7. The fourth-order valence-electron chi connectivity index (χ4n) is 3.96. The van der Waals surface area contributed by atoms with E-state index in [1.54, 1.807) is 0 Å². The van der Waals surface area contributed by atoms with E-state index in [9.17, 15) is 33.6 Å². The number of nitrogens with zero attached hydrogens (tertiary/aromatic N) is 3. The van der Waals surface area contributed by atoms with Crippen LogP contribution in [0, 0.1) is 0 Å². The number of thiol groups is 1. The summed E-state index contributed by atoms with van der Waals surface area (Å²) in [5, 5.41) is 34.8. The van der Waals surface area contributed by atoms with Crippen molar-refractivity contribution < 1.29 is 48.9 Å². The van der Waals surface area contributed by atoms with Gasteiger partial charge >= 0.3 is 17.9 Å². The third-order valence-electron chi connectivity index (χ3n) is 6.42. The Morgan fingerprint density at radius 3 is 1.51 bits per heavy atom. The summed E-state index contributed by atoms with van der Waals surface area (Å²) in [5.74, 6) is -4.55. The van der Waals surface area contributed by atoms with Crippen LogP contribution in [0.5, 0.6) is 0 Å². The second-order valence-corrected chi connectivity index (χ2v) is 12.3. The Morgan fingerprint density at radius 2 is 1.13 bits per heavy atom. The first kappa shape index (κ1) is 45.7. The van der Waals surface area contributed by atoms with Crippen LogP contribution >= 0.6 is 24.4 Å². The van der Waals surface area contributed by atoms with Crippen LogP contribution in [-0.2, 0) is 52.8 Å². The summed E-state index contributed by atoms with van der Waals surface area (Å²) in [6.45, 7) is 1.91. The lowest BCUT2D eigenvalue weighted by molar-refractivity contribution is -0.142. The summed E-state index contributed by atoms with van der Waals surface area (Å²) in [6.07, 6.45) is 6.33. The molecule has 3 rings (SSSR count). The molecule has 3 aromatic rings. The van der Waals surface area contributed by atoms with E-state index in [1.165, 1.54) is 32.1 Å². The number of imidazole rings is 3. The zero-order valence-corrected chi connectivity index (χ0v) is 30.2. The molecule has 24 heteroatoms. The van der Waals surface area contributed by atoms with E-state index < -0.39 is 41.9 Å². The molecule has 0 aliphatic heterocycles. The predicted octanol–water partition coefficient (Wildman–Crippen LogP) is -2.46. The number of carbonyl (C=O) groups is 7. The van der Waals surface area contributed by atoms with Crippen molar-refractivity contribution in [3.05, 3.63) is 42.3 Å². The smallest absolute Gasteiger partial charge is 0.326 e. The summed E-state index contributed by atoms with van der Waals surface area (Å²) in [7, 11) is 0. The van der Waals surface area contributed by atoms with Crippen LogP contribution in [0.3, 0.4) is 0 Å². The largest absolute Gasteiger partial charge is 0.480 e. The Hall–Kier alpha value is -5.30. The van der Waals surface area contributed by atoms with E-state index in [0.29, 0.717) is 27.1 Å². The monoisotopic (exact) mass is 784 g/mol. The van der Waals surface area contributed by atoms with Gasteiger partial charge in [0.15, 0.2) is 5.12 Å². The molecule has 0 fully saturated rings. The maximum atomic E-state index is 11.4. The number of nitrogens with one attached hydrogen (secondary N) is 6. The first-order valence-electron chi connectivity index (χ1n) is 15.7. The Kier molecular flexibility index (Phi) is 21.4. The van der Waals surface area contributed by atoms with Gasteiger partial charge in [0.1, 0.15) is 28.2 Å². The van der Waals surface area contributed by atoms with Crippen molar-refractivity contribution in [3.8, 4) is 0 Å². The Balaban J connectivity index is 0.000000400. The molecule has 0 aliphatic carbocycles. The number of aliphatic carboxylic acids is 3. The van der Waals surface area contributed by atoms with E-state index in [0.717, 1.165) is 11.8 Å². The Bertz CT molecular complexity index is 1630. The van der Waals surface area contributed by atoms with E-state index in [-0.39, 0.29) is 75.1 Å². The first-order chi connectivity index (χ1) is 25.1. The molecule has 0 saturated heterocycles. The van der Waals surface area contributed by atoms with Crippen LogP contribution < -0.4 is 33.2 Å². The van der Waals surface area contributed by atoms with Crippen molar-refractivity contribution in [2.45, 2.75) is 73.6 Å². The molecule has 0 bridgehead atoms. The standard InChI is InChI=1S/C11H16N4O4S.C9H14N4O3S.C9H14N4O3/c1-6(16)20-10-7(13-5-14-10)4-8(11(18)19)15-9(17)2-3-12;10-2-1-7(14)13-6(9(15)16)3-5-8(17)12-4-11-5;10-2-1-8(14)13-7(9(15)16)3-6-4-11-5-12-6/h5,8H,2-4,12H2,1H3,(H,13,14)(H,15,17)(H,18,19);4,6,17H,1-3,10H2,(H,11,12)(H,13,14)(H,15,16);4-5,7H,1-3,10H2,(H,11,12)(H,13,14)(H,15,16)/t8-;6-;7-/m000/s1. The lowest BCUT2D eigenvalue weighted by Crippen LogP contribution is -2.43. The number of rotatable bonds is 19. The highest BCUT2D eigenvalue weighted by molar-refractivity contribution is 8.13. The average Bonchev–Trinajstić information content (AvgIpc) is 3.84. The zero-order valence-electron chi connectivity index (χ0n) is 28.5. The van der Waals surface area contributed by atoms with Gasteiger partial charge in [0.05, 0.1) is 30.4 Å². The summed E-state index contributed by atoms with van der Waals surface area (Å²) >= 11 is 4.96. The molecule has 22 nitrogen and oxygen atoms in total. The van der Waals surface area contributed by atoms with Gasteiger partial charge in [0.2, 0.25) is 17.7 Å². The van der Waals surface area contributed by atoms with Gasteiger partial charge in [-0.15, -0.1) is 12.6 Å². The van der Waals surface area contributed by atoms with Crippen LogP contribution in [0.2, 0.25) is 0 Å². The second kappa shape index (κ2) is 24.8. The average molecular weight is 785 g/mol. The number of carboxylic acids is 3. The number of carboxylic acid groups (broad SMARTS) is 3. The van der Waals surface area contributed by atoms with Crippen LogP contribution in [0.4, 0.5) is 0 Å². The second-order valence-electron chi connectivity index (χ2n) is 10.7. The van der Waals surface area contributed by atoms with Crippen LogP contribution in [0.15, 0.2) is 35.2 Å². The van der Waals surface area contributed by atoms with Gasteiger partial charge in [-0.3, -0.25) is 19.2 Å². The Labute approximate surface area is 312 Å². The van der Waals surface area contributed by atoms with Crippen molar-refractivity contribution in [2.75, 3.05) is 19.6 Å². The molecular weight excluding hydrogens is 741 g/mol. The summed E-state index contributed by atoms with van der Waals surface area (Å²) < 4.78 is 0. The number of carbonyl (C=O) groups excluding carboxylic acids is 4. The molecule has 53 heavy (non-hydrogen) atoms. The molecular formula is C29H44N12O10S2. The molecule has 3 atom stereocenters. The number of amides is 3. The van der Waals surface area contributed by atoms with Gasteiger partial charge in [0.25, 0.3) is 0 Å². The number of aromatic amines is 3. The highest BCUT2D eigenvalue weighted by atomic mass is 32.2. The van der Waals surface area contributed by atoms with Gasteiger partial charge in [0, 0.05) is 77.0 Å². The zero-order chi connectivity index (χ0) is 39.9.